The van der Waals surface area contributed by atoms with Crippen molar-refractivity contribution in [3.05, 3.63) is 42.2 Å². The van der Waals surface area contributed by atoms with E-state index in [0.717, 1.165) is 32.2 Å². The highest BCUT2D eigenvalue weighted by molar-refractivity contribution is 6.34. The smallest absolute Gasteiger partial charge is 0.375 e. The molecule has 0 radical (unpaired) electrons. The SMILES string of the molecule is CC.COC(=O)/C(N)=N/N(N)C1CCCN(C)C1.O=Cc1ccccc1-n1nccn1. The van der Waals surface area contributed by atoms with E-state index in [1.165, 1.54) is 17.0 Å². The van der Waals surface area contributed by atoms with Gasteiger partial charge in [-0.05, 0) is 38.6 Å². The molecule has 2 aromatic rings. The third kappa shape index (κ3) is 8.15. The lowest BCUT2D eigenvalue weighted by Crippen LogP contribution is -2.48. The Morgan fingerprint density at radius 3 is 2.52 bits per heavy atom. The number of aromatic nitrogens is 3. The van der Waals surface area contributed by atoms with Gasteiger partial charge < -0.3 is 15.4 Å². The second-order valence-electron chi connectivity index (χ2n) is 6.41. The van der Waals surface area contributed by atoms with Crippen LogP contribution in [0.2, 0.25) is 0 Å². The lowest BCUT2D eigenvalue weighted by molar-refractivity contribution is -0.132. The molecule has 1 aliphatic heterocycles. The summed E-state index contributed by atoms with van der Waals surface area (Å²) >= 11 is 0. The fraction of sp³-hybridized carbons (Fsp3) is 0.450. The molecule has 0 saturated carbocycles. The standard InChI is InChI=1S/C9H19N5O2.C9H7N3O.C2H6/c1-13-5-3-4-7(6-13)14(11)12-8(10)9(15)16-2;13-7-8-3-1-2-4-9(8)12-10-5-6-11-12;1-2/h7H,3-6,11H2,1-2H3,(H2,10,12);1-7H;1-2H3. The molecule has 0 spiro atoms. The molecule has 170 valence electrons. The second-order valence-corrected chi connectivity index (χ2v) is 6.41. The van der Waals surface area contributed by atoms with Gasteiger partial charge in [-0.3, -0.25) is 4.79 Å². The fourth-order valence-electron chi connectivity index (χ4n) is 2.82. The Morgan fingerprint density at radius 1 is 1.29 bits per heavy atom. The van der Waals surface area contributed by atoms with Crippen LogP contribution < -0.4 is 11.6 Å². The maximum Gasteiger partial charge on any atom is 0.375 e. The quantitative estimate of drug-likeness (QED) is 0.179. The van der Waals surface area contributed by atoms with Gasteiger partial charge in [0.05, 0.1) is 31.2 Å². The average molecular weight is 433 g/mol. The minimum absolute atomic E-state index is 0.0851. The van der Waals surface area contributed by atoms with E-state index in [0.29, 0.717) is 11.3 Å². The maximum atomic E-state index is 11.0. The summed E-state index contributed by atoms with van der Waals surface area (Å²) in [6, 6.07) is 7.25. The zero-order valence-electron chi connectivity index (χ0n) is 18.5. The van der Waals surface area contributed by atoms with Crippen molar-refractivity contribution in [2.24, 2.45) is 16.7 Å². The van der Waals surface area contributed by atoms with Crippen LogP contribution in [0.1, 0.15) is 37.0 Å². The lowest BCUT2D eigenvalue weighted by Gasteiger charge is -2.33. The average Bonchev–Trinajstić information content (AvgIpc) is 3.35. The number of ether oxygens (including phenoxy) is 1. The highest BCUT2D eigenvalue weighted by atomic mass is 16.5. The van der Waals surface area contributed by atoms with Crippen molar-refractivity contribution in [2.75, 3.05) is 27.2 Å². The molecule has 1 aromatic heterocycles. The van der Waals surface area contributed by atoms with E-state index in [9.17, 15) is 9.59 Å². The van der Waals surface area contributed by atoms with Crippen molar-refractivity contribution in [2.45, 2.75) is 32.7 Å². The maximum absolute atomic E-state index is 11.0. The molecule has 11 heteroatoms. The Bertz CT molecular complexity index is 826. The van der Waals surface area contributed by atoms with Gasteiger partial charge in [0, 0.05) is 12.1 Å². The number of carbonyl (C=O) groups excluding carboxylic acids is 2. The highest BCUT2D eigenvalue weighted by Crippen LogP contribution is 2.12. The number of rotatable bonds is 4. The molecule has 2 heterocycles. The van der Waals surface area contributed by atoms with Crippen LogP contribution in [0.5, 0.6) is 0 Å². The summed E-state index contributed by atoms with van der Waals surface area (Å²) in [6.07, 6.45) is 5.93. The molecule has 0 bridgehead atoms. The third-order valence-corrected chi connectivity index (χ3v) is 4.29. The van der Waals surface area contributed by atoms with Crippen molar-refractivity contribution in [3.8, 4) is 5.69 Å². The van der Waals surface area contributed by atoms with E-state index in [1.54, 1.807) is 30.6 Å². The molecule has 1 fully saturated rings. The van der Waals surface area contributed by atoms with Gasteiger partial charge in [-0.25, -0.2) is 15.8 Å². The number of aldehydes is 1. The topological polar surface area (TPSA) is 145 Å². The normalized spacial score (nSPS) is 16.2. The van der Waals surface area contributed by atoms with E-state index < -0.39 is 5.97 Å². The number of para-hydroxylation sites is 1. The van der Waals surface area contributed by atoms with Crippen LogP contribution in [-0.4, -0.2) is 76.4 Å². The van der Waals surface area contributed by atoms with Crippen molar-refractivity contribution in [1.82, 2.24) is 25.0 Å². The summed E-state index contributed by atoms with van der Waals surface area (Å²) in [6.45, 7) is 5.87. The molecule has 0 amide bonds. The van der Waals surface area contributed by atoms with E-state index in [1.807, 2.05) is 27.0 Å². The molecule has 11 nitrogen and oxygen atoms in total. The monoisotopic (exact) mass is 432 g/mol. The molecule has 3 rings (SSSR count). The molecule has 1 unspecified atom stereocenters. The number of nitrogens with two attached hydrogens (primary N) is 2. The van der Waals surface area contributed by atoms with Crippen molar-refractivity contribution in [3.63, 3.8) is 0 Å². The van der Waals surface area contributed by atoms with Crippen LogP contribution in [-0.2, 0) is 9.53 Å². The summed E-state index contributed by atoms with van der Waals surface area (Å²) in [7, 11) is 3.27. The number of piperidine rings is 1. The first-order valence-electron chi connectivity index (χ1n) is 10.0. The van der Waals surface area contributed by atoms with Gasteiger partial charge in [0.2, 0.25) is 5.84 Å². The third-order valence-electron chi connectivity index (χ3n) is 4.29. The Morgan fingerprint density at radius 2 is 1.94 bits per heavy atom. The summed E-state index contributed by atoms with van der Waals surface area (Å²) in [5.74, 6) is 4.84. The van der Waals surface area contributed by atoms with Crippen LogP contribution in [0.25, 0.3) is 5.69 Å². The number of methoxy groups -OCH3 is 1. The highest BCUT2D eigenvalue weighted by Gasteiger charge is 2.22. The first kappa shape index (κ1) is 25.7. The number of hydrogen-bond acceptors (Lipinski definition) is 9. The molecular formula is C20H32N8O3. The number of hydrazone groups is 1. The predicted octanol–water partition coefficient (Wildman–Crippen LogP) is 0.808. The van der Waals surface area contributed by atoms with E-state index in [2.05, 4.69) is 24.9 Å². The number of hydrogen-bond donors (Lipinski definition) is 2. The molecule has 1 aliphatic rings. The molecule has 31 heavy (non-hydrogen) atoms. The minimum atomic E-state index is -0.667. The van der Waals surface area contributed by atoms with Gasteiger partial charge in [-0.15, -0.1) is 5.10 Å². The zero-order chi connectivity index (χ0) is 23.2. The van der Waals surface area contributed by atoms with E-state index in [-0.39, 0.29) is 11.9 Å². The van der Waals surface area contributed by atoms with Gasteiger partial charge >= 0.3 is 5.97 Å². The number of likely N-dealkylation sites (tertiary alicyclic amines) is 1. The first-order chi connectivity index (χ1) is 15.0. The molecular weight excluding hydrogens is 400 g/mol. The number of hydrazine groups is 1. The molecule has 1 saturated heterocycles. The Kier molecular flexibility index (Phi) is 11.5. The molecule has 1 aromatic carbocycles. The summed E-state index contributed by atoms with van der Waals surface area (Å²) in [4.78, 5) is 25.3. The second kappa shape index (κ2) is 13.8. The summed E-state index contributed by atoms with van der Waals surface area (Å²) in [5, 5.41) is 12.9. The summed E-state index contributed by atoms with van der Waals surface area (Å²) < 4.78 is 4.43. The van der Waals surface area contributed by atoms with Crippen LogP contribution >= 0.6 is 0 Å². The largest absolute Gasteiger partial charge is 0.463 e. The molecule has 1 atom stereocenters. The number of carbonyl (C=O) groups is 2. The van der Waals surface area contributed by atoms with Crippen LogP contribution in [0.15, 0.2) is 41.8 Å². The Hall–Kier alpha value is -3.31. The molecule has 0 aliphatic carbocycles. The van der Waals surface area contributed by atoms with Gasteiger partial charge in [0.1, 0.15) is 0 Å². The van der Waals surface area contributed by atoms with Crippen LogP contribution in [0, 0.1) is 0 Å². The number of likely N-dealkylation sites (N-methyl/N-ethyl adjacent to an activating group) is 1. The zero-order valence-corrected chi connectivity index (χ0v) is 18.5. The first-order valence-corrected chi connectivity index (χ1v) is 10.0. The van der Waals surface area contributed by atoms with Crippen LogP contribution in [0.4, 0.5) is 0 Å². The number of nitrogens with zero attached hydrogens (tertiary/aromatic N) is 6. The van der Waals surface area contributed by atoms with Gasteiger partial charge in [0.15, 0.2) is 6.29 Å². The molecule has 4 N–H and O–H groups in total. The van der Waals surface area contributed by atoms with E-state index >= 15 is 0 Å². The van der Waals surface area contributed by atoms with Gasteiger partial charge in [0.25, 0.3) is 0 Å². The van der Waals surface area contributed by atoms with Gasteiger partial charge in [-0.1, -0.05) is 26.0 Å². The number of benzene rings is 1. The predicted molar refractivity (Wildman–Crippen MR) is 118 cm³/mol. The van der Waals surface area contributed by atoms with Crippen molar-refractivity contribution < 1.29 is 14.3 Å². The number of amidine groups is 1. The Balaban J connectivity index is 0.000000291. The van der Waals surface area contributed by atoms with Crippen LogP contribution in [0.3, 0.4) is 0 Å². The van der Waals surface area contributed by atoms with E-state index in [4.69, 9.17) is 11.6 Å². The Labute approximate surface area is 182 Å². The lowest BCUT2D eigenvalue weighted by atomic mass is 10.1. The minimum Gasteiger partial charge on any atom is -0.463 e. The van der Waals surface area contributed by atoms with Crippen molar-refractivity contribution >= 4 is 18.1 Å². The summed E-state index contributed by atoms with van der Waals surface area (Å²) in [5.41, 5.74) is 6.69. The van der Waals surface area contributed by atoms with Crippen molar-refractivity contribution in [1.29, 1.82) is 0 Å². The fourth-order valence-corrected chi connectivity index (χ4v) is 2.82. The number of esters is 1. The van der Waals surface area contributed by atoms with Gasteiger partial charge in [-0.2, -0.15) is 15.0 Å².